The zero-order valence-corrected chi connectivity index (χ0v) is 13.5. The van der Waals surface area contributed by atoms with E-state index >= 15 is 0 Å². The lowest BCUT2D eigenvalue weighted by atomic mass is 10.2. The first-order valence-corrected chi connectivity index (χ1v) is 7.12. The number of hydrogen-bond donors (Lipinski definition) is 1. The summed E-state index contributed by atoms with van der Waals surface area (Å²) < 4.78 is 6.14. The van der Waals surface area contributed by atoms with Crippen molar-refractivity contribution in [2.75, 3.05) is 5.32 Å². The predicted octanol–water partition coefficient (Wildman–Crippen LogP) is 4.27. The SMILES string of the molecule is O=C(Nc1ccccc1)c1cccc(I)c1OI. The molecule has 5 heteroatoms. The Balaban J connectivity index is 2.27. The Labute approximate surface area is 133 Å². The number of nitrogens with one attached hydrogen (secondary N) is 1. The fourth-order valence-corrected chi connectivity index (χ4v) is 2.99. The summed E-state index contributed by atoms with van der Waals surface area (Å²) in [4.78, 5) is 12.1. The third-order valence-electron chi connectivity index (χ3n) is 2.32. The number of hydrogen-bond acceptors (Lipinski definition) is 2. The van der Waals surface area contributed by atoms with E-state index in [0.717, 1.165) is 9.26 Å². The molecule has 18 heavy (non-hydrogen) atoms. The van der Waals surface area contributed by atoms with Crippen molar-refractivity contribution in [2.24, 2.45) is 0 Å². The molecule has 0 atom stereocenters. The van der Waals surface area contributed by atoms with E-state index in [4.69, 9.17) is 3.07 Å². The Morgan fingerprint density at radius 1 is 1.06 bits per heavy atom. The normalized spacial score (nSPS) is 9.89. The highest BCUT2D eigenvalue weighted by Gasteiger charge is 2.15. The van der Waals surface area contributed by atoms with Crippen LogP contribution in [-0.4, -0.2) is 5.91 Å². The second-order valence-electron chi connectivity index (χ2n) is 3.51. The number of anilines is 1. The standard InChI is InChI=1S/C13H9I2NO2/c14-11-8-4-7-10(12(11)18-15)13(17)16-9-5-2-1-3-6-9/h1-8H,(H,16,17). The van der Waals surface area contributed by atoms with Gasteiger partial charge in [0, 0.05) is 5.69 Å². The number of amides is 1. The second-order valence-corrected chi connectivity index (χ2v) is 5.12. The Morgan fingerprint density at radius 3 is 2.44 bits per heavy atom. The van der Waals surface area contributed by atoms with Gasteiger partial charge in [0.1, 0.15) is 0 Å². The average Bonchev–Trinajstić information content (AvgIpc) is 2.39. The maximum Gasteiger partial charge on any atom is 0.259 e. The monoisotopic (exact) mass is 465 g/mol. The predicted molar refractivity (Wildman–Crippen MR) is 88.2 cm³/mol. The smallest absolute Gasteiger partial charge is 0.259 e. The Morgan fingerprint density at radius 2 is 1.78 bits per heavy atom. The molecule has 2 aromatic carbocycles. The Kier molecular flexibility index (Phi) is 4.81. The number of benzene rings is 2. The van der Waals surface area contributed by atoms with Crippen molar-refractivity contribution >= 4 is 57.2 Å². The molecule has 1 N–H and O–H groups in total. The fourth-order valence-electron chi connectivity index (χ4n) is 1.49. The number of carbonyl (C=O) groups excluding carboxylic acids is 1. The van der Waals surface area contributed by atoms with Crippen LogP contribution in [0.1, 0.15) is 10.4 Å². The molecule has 0 aliphatic rings. The van der Waals surface area contributed by atoms with Crippen LogP contribution in [-0.2, 0) is 0 Å². The van der Waals surface area contributed by atoms with Crippen molar-refractivity contribution in [1.29, 1.82) is 0 Å². The lowest BCUT2D eigenvalue weighted by molar-refractivity contribution is 0.102. The van der Waals surface area contributed by atoms with Crippen LogP contribution < -0.4 is 8.38 Å². The van der Waals surface area contributed by atoms with Gasteiger partial charge in [-0.1, -0.05) is 24.3 Å². The summed E-state index contributed by atoms with van der Waals surface area (Å²) in [7, 11) is 0. The number of para-hydroxylation sites is 2. The minimum atomic E-state index is -0.175. The van der Waals surface area contributed by atoms with Crippen molar-refractivity contribution in [3.8, 4) is 5.75 Å². The van der Waals surface area contributed by atoms with E-state index in [0.29, 0.717) is 11.3 Å². The lowest BCUT2D eigenvalue weighted by Gasteiger charge is -2.09. The molecule has 0 saturated carbocycles. The molecule has 0 heterocycles. The highest BCUT2D eigenvalue weighted by atomic mass is 127. The molecule has 0 fully saturated rings. The first-order chi connectivity index (χ1) is 8.72. The quantitative estimate of drug-likeness (QED) is 0.689. The molecule has 2 rings (SSSR count). The van der Waals surface area contributed by atoms with Crippen LogP contribution in [0.15, 0.2) is 48.5 Å². The fraction of sp³-hybridized carbons (Fsp3) is 0. The van der Waals surface area contributed by atoms with Crippen LogP contribution in [0.4, 0.5) is 5.69 Å². The van der Waals surface area contributed by atoms with Crippen molar-refractivity contribution < 1.29 is 7.86 Å². The van der Waals surface area contributed by atoms with Gasteiger partial charge < -0.3 is 8.38 Å². The second kappa shape index (κ2) is 6.37. The first-order valence-electron chi connectivity index (χ1n) is 5.16. The summed E-state index contributed by atoms with van der Waals surface area (Å²) in [5.41, 5.74) is 1.29. The van der Waals surface area contributed by atoms with E-state index in [1.165, 1.54) is 0 Å². The highest BCUT2D eigenvalue weighted by molar-refractivity contribution is 14.1. The third kappa shape index (κ3) is 3.14. The van der Waals surface area contributed by atoms with Crippen LogP contribution in [0.5, 0.6) is 5.75 Å². The third-order valence-corrected chi connectivity index (χ3v) is 3.61. The molecule has 0 unspecified atom stereocenters. The van der Waals surface area contributed by atoms with Gasteiger partial charge in [-0.2, -0.15) is 0 Å². The molecule has 3 nitrogen and oxygen atoms in total. The Bertz CT molecular complexity index is 558. The van der Waals surface area contributed by atoms with E-state index in [1.54, 1.807) is 29.1 Å². The van der Waals surface area contributed by atoms with Crippen LogP contribution in [0.25, 0.3) is 0 Å². The molecule has 0 saturated heterocycles. The molecule has 0 aliphatic heterocycles. The molecule has 0 aromatic heterocycles. The largest absolute Gasteiger partial charge is 0.426 e. The summed E-state index contributed by atoms with van der Waals surface area (Å²) in [6.45, 7) is 0. The van der Waals surface area contributed by atoms with Gasteiger partial charge in [0.25, 0.3) is 5.91 Å². The summed E-state index contributed by atoms with van der Waals surface area (Å²) in [5, 5.41) is 2.83. The molecule has 0 aliphatic carbocycles. The van der Waals surface area contributed by atoms with Crippen molar-refractivity contribution in [3.05, 3.63) is 57.7 Å². The van der Waals surface area contributed by atoms with Crippen LogP contribution in [0.2, 0.25) is 0 Å². The van der Waals surface area contributed by atoms with Gasteiger partial charge in [-0.3, -0.25) is 4.79 Å². The lowest BCUT2D eigenvalue weighted by Crippen LogP contribution is -2.12. The van der Waals surface area contributed by atoms with Gasteiger partial charge in [-0.25, -0.2) is 0 Å². The molecule has 92 valence electrons. The zero-order valence-electron chi connectivity index (χ0n) is 9.19. The number of rotatable bonds is 3. The first kappa shape index (κ1) is 13.6. The topological polar surface area (TPSA) is 38.3 Å². The molecule has 0 radical (unpaired) electrons. The molecule has 0 spiro atoms. The van der Waals surface area contributed by atoms with E-state index in [-0.39, 0.29) is 5.91 Å². The summed E-state index contributed by atoms with van der Waals surface area (Å²) in [6, 6.07) is 14.8. The van der Waals surface area contributed by atoms with E-state index in [9.17, 15) is 4.79 Å². The zero-order chi connectivity index (χ0) is 13.0. The molecular weight excluding hydrogens is 456 g/mol. The highest BCUT2D eigenvalue weighted by Crippen LogP contribution is 2.28. The molecular formula is C13H9I2NO2. The van der Waals surface area contributed by atoms with Gasteiger partial charge in [0.05, 0.1) is 9.13 Å². The van der Waals surface area contributed by atoms with E-state index in [2.05, 4.69) is 27.9 Å². The van der Waals surface area contributed by atoms with Gasteiger partial charge in [-0.05, 0) is 46.9 Å². The minimum absolute atomic E-state index is 0.175. The van der Waals surface area contributed by atoms with Gasteiger partial charge in [0.2, 0.25) is 0 Å². The van der Waals surface area contributed by atoms with Gasteiger partial charge >= 0.3 is 0 Å². The molecule has 2 aromatic rings. The van der Waals surface area contributed by atoms with E-state index in [1.807, 2.05) is 42.5 Å². The maximum atomic E-state index is 12.1. The van der Waals surface area contributed by atoms with E-state index < -0.39 is 0 Å². The average molecular weight is 465 g/mol. The minimum Gasteiger partial charge on any atom is -0.426 e. The van der Waals surface area contributed by atoms with Crippen LogP contribution in [0.3, 0.4) is 0 Å². The summed E-state index contributed by atoms with van der Waals surface area (Å²) >= 11 is 3.92. The van der Waals surface area contributed by atoms with Gasteiger partial charge in [0.15, 0.2) is 28.8 Å². The number of carbonyl (C=O) groups is 1. The van der Waals surface area contributed by atoms with Crippen LogP contribution in [0, 0.1) is 3.57 Å². The summed E-state index contributed by atoms with van der Waals surface area (Å²) in [6.07, 6.45) is 0. The van der Waals surface area contributed by atoms with Crippen molar-refractivity contribution in [3.63, 3.8) is 0 Å². The van der Waals surface area contributed by atoms with Crippen molar-refractivity contribution in [2.45, 2.75) is 0 Å². The maximum absolute atomic E-state index is 12.1. The Hall–Kier alpha value is -0.830. The molecule has 1 amide bonds. The van der Waals surface area contributed by atoms with Crippen molar-refractivity contribution in [1.82, 2.24) is 0 Å². The van der Waals surface area contributed by atoms with Gasteiger partial charge in [-0.15, -0.1) is 0 Å². The number of halogens is 2. The van der Waals surface area contributed by atoms with Crippen LogP contribution >= 0.6 is 45.6 Å². The molecule has 0 bridgehead atoms. The summed E-state index contributed by atoms with van der Waals surface area (Å²) in [5.74, 6) is 0.415.